The highest BCUT2D eigenvalue weighted by molar-refractivity contribution is 6.03. The van der Waals surface area contributed by atoms with Crippen molar-refractivity contribution in [2.75, 3.05) is 18.4 Å². The number of anilines is 1. The van der Waals surface area contributed by atoms with Gasteiger partial charge in [0.05, 0.1) is 17.0 Å². The molecule has 1 amide bonds. The lowest BCUT2D eigenvalue weighted by molar-refractivity contribution is 0.0711. The summed E-state index contributed by atoms with van der Waals surface area (Å²) in [5.74, 6) is 0.157. The largest absolute Gasteiger partial charge is 0.390 e. The van der Waals surface area contributed by atoms with E-state index in [1.54, 1.807) is 6.07 Å². The van der Waals surface area contributed by atoms with Gasteiger partial charge in [0, 0.05) is 18.1 Å². The van der Waals surface area contributed by atoms with Gasteiger partial charge in [-0.1, -0.05) is 6.07 Å². The quantitative estimate of drug-likeness (QED) is 0.567. The van der Waals surface area contributed by atoms with Crippen LogP contribution in [-0.4, -0.2) is 44.1 Å². The number of hydrogen-bond acceptors (Lipinski definition) is 5. The van der Waals surface area contributed by atoms with Crippen molar-refractivity contribution in [3.63, 3.8) is 0 Å². The van der Waals surface area contributed by atoms with Gasteiger partial charge < -0.3 is 20.1 Å². The van der Waals surface area contributed by atoms with Crippen molar-refractivity contribution in [1.29, 1.82) is 0 Å². The summed E-state index contributed by atoms with van der Waals surface area (Å²) in [4.78, 5) is 22.0. The van der Waals surface area contributed by atoms with E-state index in [2.05, 4.69) is 21.7 Å². The van der Waals surface area contributed by atoms with Crippen molar-refractivity contribution in [2.24, 2.45) is 0 Å². The Labute approximate surface area is 182 Å². The van der Waals surface area contributed by atoms with Crippen molar-refractivity contribution < 1.29 is 9.90 Å². The van der Waals surface area contributed by atoms with Crippen LogP contribution in [0.1, 0.15) is 66.5 Å². The van der Waals surface area contributed by atoms with E-state index in [1.807, 2.05) is 49.7 Å². The van der Waals surface area contributed by atoms with Crippen LogP contribution in [-0.2, 0) is 6.42 Å². The SMILES string of the molecule is Cc1cccc(C(=O)Nc2cn3cc(CCC(C)(C)O)nc3cc2C2CCNCC2)n1. The number of aryl methyl sites for hydroxylation is 2. The summed E-state index contributed by atoms with van der Waals surface area (Å²) in [6.45, 7) is 7.43. The Kier molecular flexibility index (Phi) is 6.07. The smallest absolute Gasteiger partial charge is 0.274 e. The molecule has 0 radical (unpaired) electrons. The third kappa shape index (κ3) is 5.29. The van der Waals surface area contributed by atoms with Gasteiger partial charge >= 0.3 is 0 Å². The molecule has 0 unspecified atom stereocenters. The minimum Gasteiger partial charge on any atom is -0.390 e. The number of carbonyl (C=O) groups is 1. The number of nitrogens with zero attached hydrogens (tertiary/aromatic N) is 3. The Morgan fingerprint density at radius 1 is 1.26 bits per heavy atom. The molecule has 1 aliphatic rings. The molecule has 0 aromatic carbocycles. The summed E-state index contributed by atoms with van der Waals surface area (Å²) in [6.07, 6.45) is 7.32. The molecule has 0 saturated carbocycles. The molecular formula is C24H31N5O2. The highest BCUT2D eigenvalue weighted by Crippen LogP contribution is 2.32. The van der Waals surface area contributed by atoms with Gasteiger partial charge in [-0.05, 0) is 89.2 Å². The summed E-state index contributed by atoms with van der Waals surface area (Å²) >= 11 is 0. The molecule has 1 fully saturated rings. The molecule has 1 aliphatic heterocycles. The summed E-state index contributed by atoms with van der Waals surface area (Å²) < 4.78 is 1.96. The minimum absolute atomic E-state index is 0.208. The first kappa shape index (κ1) is 21.5. The Morgan fingerprint density at radius 3 is 2.74 bits per heavy atom. The van der Waals surface area contributed by atoms with Crippen LogP contribution in [0.25, 0.3) is 5.65 Å². The fourth-order valence-corrected chi connectivity index (χ4v) is 4.09. The molecule has 0 bridgehead atoms. The summed E-state index contributed by atoms with van der Waals surface area (Å²) in [6, 6.07) is 7.56. The van der Waals surface area contributed by atoms with Gasteiger partial charge in [0.1, 0.15) is 11.3 Å². The average Bonchev–Trinajstić information content (AvgIpc) is 3.14. The molecule has 4 rings (SSSR count). The van der Waals surface area contributed by atoms with Crippen LogP contribution < -0.4 is 10.6 Å². The summed E-state index contributed by atoms with van der Waals surface area (Å²) in [5, 5.41) is 16.6. The van der Waals surface area contributed by atoms with Crippen LogP contribution in [0.2, 0.25) is 0 Å². The molecule has 3 N–H and O–H groups in total. The first-order chi connectivity index (χ1) is 14.8. The lowest BCUT2D eigenvalue weighted by Gasteiger charge is -2.25. The van der Waals surface area contributed by atoms with Crippen LogP contribution >= 0.6 is 0 Å². The molecular weight excluding hydrogens is 390 g/mol. The van der Waals surface area contributed by atoms with Gasteiger partial charge in [-0.25, -0.2) is 9.97 Å². The molecule has 3 aromatic heterocycles. The molecule has 0 atom stereocenters. The van der Waals surface area contributed by atoms with Crippen molar-refractivity contribution in [1.82, 2.24) is 19.7 Å². The second-order valence-corrected chi connectivity index (χ2v) is 9.10. The van der Waals surface area contributed by atoms with Crippen LogP contribution in [0, 0.1) is 6.92 Å². The normalized spacial score (nSPS) is 15.4. The standard InChI is InChI=1S/C24H31N5O2/c1-16-5-4-6-20(26-16)23(30)28-21-15-29-14-18(7-10-24(2,3)31)27-22(29)13-19(21)17-8-11-25-12-9-17/h4-6,13-15,17,25,31H,7-12H2,1-3H3,(H,28,30). The lowest BCUT2D eigenvalue weighted by Crippen LogP contribution is -2.27. The van der Waals surface area contributed by atoms with Gasteiger partial charge in [-0.3, -0.25) is 4.79 Å². The number of rotatable bonds is 6. The first-order valence-electron chi connectivity index (χ1n) is 11.0. The number of hydrogen-bond donors (Lipinski definition) is 3. The Balaban J connectivity index is 1.67. The lowest BCUT2D eigenvalue weighted by atomic mass is 9.89. The minimum atomic E-state index is -0.726. The number of piperidine rings is 1. The highest BCUT2D eigenvalue weighted by Gasteiger charge is 2.22. The first-order valence-corrected chi connectivity index (χ1v) is 11.0. The van der Waals surface area contributed by atoms with Crippen molar-refractivity contribution in [3.8, 4) is 0 Å². The van der Waals surface area contributed by atoms with Crippen molar-refractivity contribution in [2.45, 2.75) is 58.0 Å². The van der Waals surface area contributed by atoms with E-state index in [0.29, 0.717) is 24.5 Å². The molecule has 4 heterocycles. The second-order valence-electron chi connectivity index (χ2n) is 9.10. The van der Waals surface area contributed by atoms with E-state index in [-0.39, 0.29) is 5.91 Å². The predicted octanol–water partition coefficient (Wildman–Crippen LogP) is 3.46. The fourth-order valence-electron chi connectivity index (χ4n) is 4.09. The van der Waals surface area contributed by atoms with Gasteiger partial charge in [0.25, 0.3) is 5.91 Å². The number of carbonyl (C=O) groups excluding carboxylic acids is 1. The van der Waals surface area contributed by atoms with Crippen molar-refractivity contribution >= 4 is 17.2 Å². The van der Waals surface area contributed by atoms with E-state index in [0.717, 1.165) is 54.2 Å². The number of imidazole rings is 1. The highest BCUT2D eigenvalue weighted by atomic mass is 16.3. The third-order valence-electron chi connectivity index (χ3n) is 5.82. The molecule has 0 spiro atoms. The molecule has 7 nitrogen and oxygen atoms in total. The third-order valence-corrected chi connectivity index (χ3v) is 5.82. The molecule has 1 saturated heterocycles. The van der Waals surface area contributed by atoms with Gasteiger partial charge in [0.15, 0.2) is 0 Å². The number of aromatic nitrogens is 3. The van der Waals surface area contributed by atoms with Crippen LogP contribution in [0.5, 0.6) is 0 Å². The van der Waals surface area contributed by atoms with Crippen LogP contribution in [0.4, 0.5) is 5.69 Å². The fraction of sp³-hybridized carbons (Fsp3) is 0.458. The molecule has 31 heavy (non-hydrogen) atoms. The van der Waals surface area contributed by atoms with E-state index >= 15 is 0 Å². The second kappa shape index (κ2) is 8.77. The zero-order valence-corrected chi connectivity index (χ0v) is 18.5. The number of nitrogens with one attached hydrogen (secondary N) is 2. The Bertz CT molecular complexity index is 1080. The summed E-state index contributed by atoms with van der Waals surface area (Å²) in [7, 11) is 0. The number of pyridine rings is 2. The Morgan fingerprint density at radius 2 is 2.03 bits per heavy atom. The maximum absolute atomic E-state index is 12.9. The van der Waals surface area contributed by atoms with E-state index < -0.39 is 5.60 Å². The average molecular weight is 422 g/mol. The number of amides is 1. The van der Waals surface area contributed by atoms with Gasteiger partial charge in [-0.2, -0.15) is 0 Å². The maximum Gasteiger partial charge on any atom is 0.274 e. The van der Waals surface area contributed by atoms with Crippen molar-refractivity contribution in [3.05, 3.63) is 59.3 Å². The topological polar surface area (TPSA) is 91.6 Å². The molecule has 0 aliphatic carbocycles. The molecule has 164 valence electrons. The maximum atomic E-state index is 12.9. The zero-order chi connectivity index (χ0) is 22.0. The van der Waals surface area contributed by atoms with Crippen LogP contribution in [0.15, 0.2) is 36.7 Å². The van der Waals surface area contributed by atoms with E-state index in [1.165, 1.54) is 0 Å². The summed E-state index contributed by atoms with van der Waals surface area (Å²) in [5.41, 5.74) is 4.22. The molecule has 3 aromatic rings. The van der Waals surface area contributed by atoms with Gasteiger partial charge in [-0.15, -0.1) is 0 Å². The van der Waals surface area contributed by atoms with Gasteiger partial charge in [0.2, 0.25) is 0 Å². The zero-order valence-electron chi connectivity index (χ0n) is 18.5. The predicted molar refractivity (Wildman–Crippen MR) is 122 cm³/mol. The van der Waals surface area contributed by atoms with Crippen LogP contribution in [0.3, 0.4) is 0 Å². The van der Waals surface area contributed by atoms with E-state index in [4.69, 9.17) is 4.98 Å². The molecule has 7 heteroatoms. The monoisotopic (exact) mass is 421 g/mol. The number of fused-ring (bicyclic) bond motifs is 1. The number of aliphatic hydroxyl groups is 1. The Hall–Kier alpha value is -2.77. The van der Waals surface area contributed by atoms with E-state index in [9.17, 15) is 9.90 Å².